The van der Waals surface area contributed by atoms with Crippen LogP contribution in [-0.4, -0.2) is 51.7 Å². The van der Waals surface area contributed by atoms with E-state index in [1.807, 2.05) is 0 Å². The average Bonchev–Trinajstić information content (AvgIpc) is 3.30. The van der Waals surface area contributed by atoms with Crippen LogP contribution < -0.4 is 0 Å². The minimum atomic E-state index is -4.66. The number of carbonyl (C=O) groups is 1. The van der Waals surface area contributed by atoms with Gasteiger partial charge in [-0.1, -0.05) is 17.7 Å². The highest BCUT2D eigenvalue weighted by molar-refractivity contribution is 7.13. The van der Waals surface area contributed by atoms with E-state index in [-0.39, 0.29) is 34.4 Å². The van der Waals surface area contributed by atoms with Crippen molar-refractivity contribution in [3.63, 3.8) is 0 Å². The third-order valence-corrected chi connectivity index (χ3v) is 5.63. The fourth-order valence-electron chi connectivity index (χ4n) is 2.97. The van der Waals surface area contributed by atoms with Gasteiger partial charge in [-0.2, -0.15) is 18.3 Å². The maximum Gasteiger partial charge on any atom is 0.433 e. The molecule has 1 aliphatic rings. The second kappa shape index (κ2) is 7.34. The van der Waals surface area contributed by atoms with Crippen molar-refractivity contribution < 1.29 is 22.7 Å². The Morgan fingerprint density at radius 2 is 2.07 bits per heavy atom. The summed E-state index contributed by atoms with van der Waals surface area (Å²) in [6.45, 7) is 1.71. The van der Waals surface area contributed by atoms with Gasteiger partial charge in [-0.15, -0.1) is 11.3 Å². The van der Waals surface area contributed by atoms with Gasteiger partial charge in [0.2, 0.25) is 5.91 Å². The largest absolute Gasteiger partial charge is 0.433 e. The van der Waals surface area contributed by atoms with E-state index in [1.165, 1.54) is 11.3 Å². The van der Waals surface area contributed by atoms with Crippen molar-refractivity contribution in [2.75, 3.05) is 26.3 Å². The summed E-state index contributed by atoms with van der Waals surface area (Å²) >= 11 is 7.56. The van der Waals surface area contributed by atoms with Crippen molar-refractivity contribution in [1.29, 1.82) is 0 Å². The first-order chi connectivity index (χ1) is 13.3. The Morgan fingerprint density at radius 3 is 2.71 bits per heavy atom. The van der Waals surface area contributed by atoms with E-state index in [9.17, 15) is 18.0 Å². The van der Waals surface area contributed by atoms with Crippen molar-refractivity contribution in [3.05, 3.63) is 40.0 Å². The maximum absolute atomic E-state index is 13.6. The summed E-state index contributed by atoms with van der Waals surface area (Å²) in [6.07, 6.45) is -4.86. The quantitative estimate of drug-likeness (QED) is 0.638. The Kier molecular flexibility index (Phi) is 5.02. The Labute approximate surface area is 166 Å². The van der Waals surface area contributed by atoms with Gasteiger partial charge in [-0.25, -0.2) is 9.50 Å². The summed E-state index contributed by atoms with van der Waals surface area (Å²) < 4.78 is 46.7. The van der Waals surface area contributed by atoms with Crippen molar-refractivity contribution in [3.8, 4) is 10.6 Å². The second-order valence-corrected chi connectivity index (χ2v) is 7.49. The van der Waals surface area contributed by atoms with Crippen LogP contribution in [0, 0.1) is 0 Å². The lowest BCUT2D eigenvalue weighted by atomic mass is 10.2. The molecule has 11 heteroatoms. The third kappa shape index (κ3) is 3.59. The molecule has 3 aromatic heterocycles. The summed E-state index contributed by atoms with van der Waals surface area (Å²) in [6, 6.07) is 4.34. The molecule has 4 rings (SSSR count). The van der Waals surface area contributed by atoms with Crippen LogP contribution in [0.3, 0.4) is 0 Å². The number of nitrogens with zero attached hydrogens (tertiary/aromatic N) is 4. The SMILES string of the molecule is O=C(Cc1nn2c(C(F)(F)F)cc(-c3cccs3)nc2c1Cl)N1CCOCC1. The van der Waals surface area contributed by atoms with E-state index in [1.54, 1.807) is 22.4 Å². The molecule has 148 valence electrons. The number of ether oxygens (including phenoxy) is 1. The predicted octanol–water partition coefficient (Wildman–Crippen LogP) is 3.53. The predicted molar refractivity (Wildman–Crippen MR) is 97.4 cm³/mol. The van der Waals surface area contributed by atoms with Crippen LogP contribution in [0.4, 0.5) is 13.2 Å². The second-order valence-electron chi connectivity index (χ2n) is 6.17. The molecule has 1 fully saturated rings. The van der Waals surface area contributed by atoms with Gasteiger partial charge >= 0.3 is 6.18 Å². The van der Waals surface area contributed by atoms with Gasteiger partial charge in [0.1, 0.15) is 5.02 Å². The highest BCUT2D eigenvalue weighted by atomic mass is 35.5. The van der Waals surface area contributed by atoms with E-state index in [0.29, 0.717) is 35.7 Å². The topological polar surface area (TPSA) is 59.7 Å². The molecular formula is C17H14ClF3N4O2S. The summed E-state index contributed by atoms with van der Waals surface area (Å²) in [5, 5.41) is 5.66. The van der Waals surface area contributed by atoms with Crippen molar-refractivity contribution >= 4 is 34.5 Å². The number of carbonyl (C=O) groups excluding carboxylic acids is 1. The molecule has 0 saturated carbocycles. The molecule has 0 bridgehead atoms. The molecule has 1 aliphatic heterocycles. The van der Waals surface area contributed by atoms with Crippen molar-refractivity contribution in [2.45, 2.75) is 12.6 Å². The van der Waals surface area contributed by atoms with Crippen LogP contribution in [0.5, 0.6) is 0 Å². The van der Waals surface area contributed by atoms with E-state index in [0.717, 1.165) is 6.07 Å². The van der Waals surface area contributed by atoms with Gasteiger partial charge in [-0.3, -0.25) is 4.79 Å². The van der Waals surface area contributed by atoms with Crippen molar-refractivity contribution in [2.24, 2.45) is 0 Å². The van der Waals surface area contributed by atoms with Crippen LogP contribution in [0.25, 0.3) is 16.2 Å². The lowest BCUT2D eigenvalue weighted by molar-refractivity contribution is -0.142. The average molecular weight is 431 g/mol. The van der Waals surface area contributed by atoms with E-state index in [2.05, 4.69) is 10.1 Å². The zero-order chi connectivity index (χ0) is 19.9. The number of hydrogen-bond donors (Lipinski definition) is 0. The Bertz CT molecular complexity index is 1010. The molecule has 3 aromatic rings. The normalized spacial score (nSPS) is 15.4. The molecular weight excluding hydrogens is 417 g/mol. The third-order valence-electron chi connectivity index (χ3n) is 4.35. The molecule has 1 saturated heterocycles. The molecule has 0 N–H and O–H groups in total. The van der Waals surface area contributed by atoms with Gasteiger partial charge in [0, 0.05) is 13.1 Å². The molecule has 0 aliphatic carbocycles. The van der Waals surface area contributed by atoms with Gasteiger partial charge in [0.05, 0.1) is 35.9 Å². The minimum absolute atomic E-state index is 0.0504. The molecule has 0 aromatic carbocycles. The number of amides is 1. The van der Waals surface area contributed by atoms with Gasteiger partial charge < -0.3 is 9.64 Å². The van der Waals surface area contributed by atoms with Gasteiger partial charge in [-0.05, 0) is 17.5 Å². The number of thiophene rings is 1. The number of morpholine rings is 1. The van der Waals surface area contributed by atoms with Crippen LogP contribution in [-0.2, 0) is 22.1 Å². The minimum Gasteiger partial charge on any atom is -0.378 e. The lowest BCUT2D eigenvalue weighted by Gasteiger charge is -2.26. The summed E-state index contributed by atoms with van der Waals surface area (Å²) in [7, 11) is 0. The van der Waals surface area contributed by atoms with E-state index >= 15 is 0 Å². The number of aromatic nitrogens is 3. The number of alkyl halides is 3. The molecule has 1 amide bonds. The first kappa shape index (κ1) is 19.2. The van der Waals surface area contributed by atoms with Crippen molar-refractivity contribution in [1.82, 2.24) is 19.5 Å². The first-order valence-corrected chi connectivity index (χ1v) is 9.65. The molecule has 28 heavy (non-hydrogen) atoms. The number of hydrogen-bond acceptors (Lipinski definition) is 5. The number of halogens is 4. The van der Waals surface area contributed by atoms with Crippen LogP contribution in [0.1, 0.15) is 11.4 Å². The summed E-state index contributed by atoms with van der Waals surface area (Å²) in [4.78, 5) is 18.9. The zero-order valence-electron chi connectivity index (χ0n) is 14.4. The monoisotopic (exact) mass is 430 g/mol. The molecule has 0 atom stereocenters. The van der Waals surface area contributed by atoms with Gasteiger partial charge in [0.25, 0.3) is 0 Å². The Morgan fingerprint density at radius 1 is 1.32 bits per heavy atom. The Hall–Kier alpha value is -2.17. The molecule has 0 spiro atoms. The molecule has 0 unspecified atom stereocenters. The standard InChI is InChI=1S/C17H14ClF3N4O2S/c18-15-11(9-14(26)24-3-5-27-6-4-24)23-25-13(17(19,20)21)8-10(22-16(15)25)12-2-1-7-28-12/h1-2,7-8H,3-6,9H2. The Balaban J connectivity index is 1.77. The number of rotatable bonds is 3. The molecule has 6 nitrogen and oxygen atoms in total. The lowest BCUT2D eigenvalue weighted by Crippen LogP contribution is -2.41. The van der Waals surface area contributed by atoms with Crippen LogP contribution in [0.15, 0.2) is 23.6 Å². The van der Waals surface area contributed by atoms with E-state index in [4.69, 9.17) is 16.3 Å². The first-order valence-electron chi connectivity index (χ1n) is 8.39. The fraction of sp³-hybridized carbons (Fsp3) is 0.353. The number of fused-ring (bicyclic) bond motifs is 1. The van der Waals surface area contributed by atoms with Crippen LogP contribution in [0.2, 0.25) is 5.02 Å². The maximum atomic E-state index is 13.6. The zero-order valence-corrected chi connectivity index (χ0v) is 15.9. The van der Waals surface area contributed by atoms with Gasteiger partial charge in [0.15, 0.2) is 11.3 Å². The molecule has 4 heterocycles. The van der Waals surface area contributed by atoms with E-state index < -0.39 is 11.9 Å². The fourth-order valence-corrected chi connectivity index (χ4v) is 3.88. The highest BCUT2D eigenvalue weighted by Gasteiger charge is 2.36. The highest BCUT2D eigenvalue weighted by Crippen LogP contribution is 2.35. The molecule has 0 radical (unpaired) electrons. The smallest absolute Gasteiger partial charge is 0.378 e. The summed E-state index contributed by atoms with van der Waals surface area (Å²) in [5.41, 5.74) is -0.889. The van der Waals surface area contributed by atoms with Crippen LogP contribution >= 0.6 is 22.9 Å². The summed E-state index contributed by atoms with van der Waals surface area (Å²) in [5.74, 6) is -0.263.